The summed E-state index contributed by atoms with van der Waals surface area (Å²) in [5.74, 6) is 0.526. The monoisotopic (exact) mass is 492 g/mol. The largest absolute Gasteiger partial charge is 0.467 e. The van der Waals surface area contributed by atoms with Crippen molar-refractivity contribution in [2.75, 3.05) is 0 Å². The highest BCUT2D eigenvalue weighted by Crippen LogP contribution is 2.36. The van der Waals surface area contributed by atoms with Crippen molar-refractivity contribution in [2.45, 2.75) is 36.7 Å². The zero-order valence-corrected chi connectivity index (χ0v) is 20.1. The lowest BCUT2D eigenvalue weighted by Gasteiger charge is -2.22. The van der Waals surface area contributed by atoms with Crippen LogP contribution in [-0.4, -0.2) is 42.1 Å². The van der Waals surface area contributed by atoms with E-state index in [1.54, 1.807) is 10.9 Å². The lowest BCUT2D eigenvalue weighted by Crippen LogP contribution is -2.33. The molecule has 0 saturated heterocycles. The number of carbonyl (C=O) groups excluding carboxylic acids is 1. The van der Waals surface area contributed by atoms with E-state index in [0.29, 0.717) is 22.4 Å². The number of tetrazole rings is 1. The van der Waals surface area contributed by atoms with Gasteiger partial charge in [-0.15, -0.1) is 5.10 Å². The first-order valence-corrected chi connectivity index (χ1v) is 12.0. The summed E-state index contributed by atoms with van der Waals surface area (Å²) in [6.07, 6.45) is 2.14. The van der Waals surface area contributed by atoms with Crippen LogP contribution in [0.15, 0.2) is 81.6 Å². The van der Waals surface area contributed by atoms with E-state index < -0.39 is 5.25 Å². The van der Waals surface area contributed by atoms with Gasteiger partial charge in [0.25, 0.3) is 5.91 Å². The first kappa shape index (κ1) is 22.4. The molecule has 5 rings (SSSR count). The van der Waals surface area contributed by atoms with Gasteiger partial charge in [0, 0.05) is 11.4 Å². The van der Waals surface area contributed by atoms with E-state index in [-0.39, 0.29) is 11.9 Å². The molecule has 0 aliphatic carbocycles. The molecule has 3 heterocycles. The minimum atomic E-state index is -0.487. The third-order valence-electron chi connectivity index (χ3n) is 5.60. The van der Waals surface area contributed by atoms with E-state index in [4.69, 9.17) is 21.1 Å². The van der Waals surface area contributed by atoms with Crippen LogP contribution < -0.4 is 0 Å². The summed E-state index contributed by atoms with van der Waals surface area (Å²) in [6.45, 7) is 3.82. The number of thioether (sulfide) groups is 1. The molecule has 2 unspecified atom stereocenters. The molecule has 2 aromatic heterocycles. The Hall–Kier alpha value is -3.43. The number of amides is 1. The van der Waals surface area contributed by atoms with Gasteiger partial charge in [0.05, 0.1) is 22.9 Å². The number of furan rings is 1. The first-order valence-electron chi connectivity index (χ1n) is 10.7. The number of hydrazone groups is 1. The van der Waals surface area contributed by atoms with Crippen LogP contribution in [0.2, 0.25) is 5.02 Å². The molecule has 1 amide bonds. The zero-order valence-electron chi connectivity index (χ0n) is 18.5. The van der Waals surface area contributed by atoms with Gasteiger partial charge in [0.2, 0.25) is 5.16 Å². The SMILES string of the molecule is Cc1ccccc1-n1nnnc1SC(C)C(=O)N1N=C(c2ccc(Cl)cc2)CC1c1ccco1. The number of aryl methyl sites for hydroxylation is 1. The van der Waals surface area contributed by atoms with Crippen molar-refractivity contribution in [3.8, 4) is 5.69 Å². The van der Waals surface area contributed by atoms with Crippen molar-refractivity contribution >= 4 is 35.0 Å². The maximum absolute atomic E-state index is 13.6. The highest BCUT2D eigenvalue weighted by Gasteiger charge is 2.37. The summed E-state index contributed by atoms with van der Waals surface area (Å²) in [7, 11) is 0. The Morgan fingerprint density at radius 3 is 2.68 bits per heavy atom. The Kier molecular flexibility index (Phi) is 6.21. The van der Waals surface area contributed by atoms with Crippen molar-refractivity contribution in [3.05, 3.63) is 88.8 Å². The van der Waals surface area contributed by atoms with E-state index in [9.17, 15) is 4.79 Å². The lowest BCUT2D eigenvalue weighted by molar-refractivity contribution is -0.132. The van der Waals surface area contributed by atoms with Crippen molar-refractivity contribution in [1.29, 1.82) is 0 Å². The number of hydrogen-bond acceptors (Lipinski definition) is 7. The number of carbonyl (C=O) groups is 1. The number of nitrogens with zero attached hydrogens (tertiary/aromatic N) is 6. The van der Waals surface area contributed by atoms with Crippen LogP contribution in [0.4, 0.5) is 0 Å². The van der Waals surface area contributed by atoms with Crippen LogP contribution in [0.25, 0.3) is 5.69 Å². The summed E-state index contributed by atoms with van der Waals surface area (Å²) >= 11 is 7.34. The zero-order chi connectivity index (χ0) is 23.7. The third kappa shape index (κ3) is 4.36. The molecule has 10 heteroatoms. The van der Waals surface area contributed by atoms with E-state index in [1.165, 1.54) is 16.8 Å². The standard InChI is InChI=1S/C24H21ClN6O2S/c1-15-6-3-4-7-20(15)31-24(26-28-29-31)34-16(2)23(32)30-21(22-8-5-13-33-22)14-19(27-30)17-9-11-18(25)12-10-17/h3-13,16,21H,14H2,1-2H3. The molecule has 172 valence electrons. The van der Waals surface area contributed by atoms with Gasteiger partial charge in [0.1, 0.15) is 11.8 Å². The van der Waals surface area contributed by atoms with Gasteiger partial charge in [-0.2, -0.15) is 9.78 Å². The first-order chi connectivity index (χ1) is 16.5. The van der Waals surface area contributed by atoms with E-state index >= 15 is 0 Å². The fraction of sp³-hybridized carbons (Fsp3) is 0.208. The Bertz CT molecular complexity index is 1340. The van der Waals surface area contributed by atoms with Gasteiger partial charge in [-0.25, -0.2) is 5.01 Å². The topological polar surface area (TPSA) is 89.4 Å². The second kappa shape index (κ2) is 9.44. The van der Waals surface area contributed by atoms with E-state index in [1.807, 2.05) is 74.5 Å². The maximum Gasteiger partial charge on any atom is 0.256 e. The minimum Gasteiger partial charge on any atom is -0.467 e. The average Bonchev–Trinajstić information content (AvgIpc) is 3.60. The number of rotatable bonds is 6. The van der Waals surface area contributed by atoms with Crippen LogP contribution in [0.1, 0.15) is 36.3 Å². The third-order valence-corrected chi connectivity index (χ3v) is 6.87. The predicted octanol–water partition coefficient (Wildman–Crippen LogP) is 5.08. The van der Waals surface area contributed by atoms with Crippen molar-refractivity contribution in [2.24, 2.45) is 5.10 Å². The average molecular weight is 493 g/mol. The summed E-state index contributed by atoms with van der Waals surface area (Å²) in [5, 5.41) is 19.0. The summed E-state index contributed by atoms with van der Waals surface area (Å²) in [5.41, 5.74) is 3.62. The van der Waals surface area contributed by atoms with Crippen LogP contribution in [0.5, 0.6) is 0 Å². The molecular formula is C24H21ClN6O2S. The Balaban J connectivity index is 1.41. The molecule has 1 aliphatic rings. The molecule has 0 radical (unpaired) electrons. The van der Waals surface area contributed by atoms with Crippen LogP contribution in [0, 0.1) is 6.92 Å². The van der Waals surface area contributed by atoms with Gasteiger partial charge in [-0.3, -0.25) is 4.79 Å². The second-order valence-electron chi connectivity index (χ2n) is 7.89. The molecule has 2 aromatic carbocycles. The molecule has 0 bridgehead atoms. The fourth-order valence-corrected chi connectivity index (χ4v) is 4.80. The molecule has 4 aromatic rings. The molecule has 34 heavy (non-hydrogen) atoms. The Labute approximate surface area is 205 Å². The van der Waals surface area contributed by atoms with Crippen molar-refractivity contribution in [1.82, 2.24) is 25.2 Å². The molecule has 0 N–H and O–H groups in total. The van der Waals surface area contributed by atoms with E-state index in [2.05, 4.69) is 15.5 Å². The highest BCUT2D eigenvalue weighted by molar-refractivity contribution is 8.00. The predicted molar refractivity (Wildman–Crippen MR) is 130 cm³/mol. The van der Waals surface area contributed by atoms with Gasteiger partial charge in [0.15, 0.2) is 0 Å². The highest BCUT2D eigenvalue weighted by atomic mass is 35.5. The van der Waals surface area contributed by atoms with Crippen molar-refractivity contribution < 1.29 is 9.21 Å². The Morgan fingerprint density at radius 1 is 1.15 bits per heavy atom. The molecule has 0 saturated carbocycles. The minimum absolute atomic E-state index is 0.158. The van der Waals surface area contributed by atoms with Gasteiger partial charge in [-0.1, -0.05) is 53.7 Å². The Morgan fingerprint density at radius 2 is 1.94 bits per heavy atom. The van der Waals surface area contributed by atoms with Gasteiger partial charge >= 0.3 is 0 Å². The summed E-state index contributed by atoms with van der Waals surface area (Å²) in [6, 6.07) is 18.6. The van der Waals surface area contributed by atoms with Crippen LogP contribution in [0.3, 0.4) is 0 Å². The molecule has 0 fully saturated rings. The summed E-state index contributed by atoms with van der Waals surface area (Å²) in [4.78, 5) is 13.6. The fourth-order valence-electron chi connectivity index (χ4n) is 3.83. The van der Waals surface area contributed by atoms with Crippen LogP contribution in [-0.2, 0) is 4.79 Å². The normalized spacial score (nSPS) is 16.5. The number of halogens is 1. The second-order valence-corrected chi connectivity index (χ2v) is 9.64. The van der Waals surface area contributed by atoms with E-state index in [0.717, 1.165) is 22.5 Å². The number of aromatic nitrogens is 4. The van der Waals surface area contributed by atoms with Crippen LogP contribution >= 0.6 is 23.4 Å². The quantitative estimate of drug-likeness (QED) is 0.349. The van der Waals surface area contributed by atoms with Gasteiger partial charge in [-0.05, 0) is 65.7 Å². The molecular weight excluding hydrogens is 472 g/mol. The lowest BCUT2D eigenvalue weighted by atomic mass is 10.0. The molecule has 2 atom stereocenters. The van der Waals surface area contributed by atoms with Crippen molar-refractivity contribution in [3.63, 3.8) is 0 Å². The number of para-hydroxylation sites is 1. The number of benzene rings is 2. The maximum atomic E-state index is 13.6. The molecule has 0 spiro atoms. The smallest absolute Gasteiger partial charge is 0.256 e. The van der Waals surface area contributed by atoms with Gasteiger partial charge < -0.3 is 4.42 Å². The molecule has 8 nitrogen and oxygen atoms in total. The summed E-state index contributed by atoms with van der Waals surface area (Å²) < 4.78 is 7.30. The molecule has 1 aliphatic heterocycles. The number of hydrogen-bond donors (Lipinski definition) is 0.